The number of aliphatic hydroxyl groups excluding tert-OH is 1. The second kappa shape index (κ2) is 17.0. The second-order valence-electron chi connectivity index (χ2n) is 12.8. The van der Waals surface area contributed by atoms with Crippen LogP contribution in [0.1, 0.15) is 39.5 Å². The number of phenols is 1. The van der Waals surface area contributed by atoms with Gasteiger partial charge in [-0.3, -0.25) is 4.79 Å². The Morgan fingerprint density at radius 2 is 1.55 bits per heavy atom. The molecular weight excluding hydrogens is 704 g/mol. The van der Waals surface area contributed by atoms with Crippen molar-refractivity contribution < 1.29 is 39.5 Å². The van der Waals surface area contributed by atoms with Gasteiger partial charge in [-0.15, -0.1) is 0 Å². The summed E-state index contributed by atoms with van der Waals surface area (Å²) < 4.78 is 11.4. The first-order chi connectivity index (χ1) is 26.5. The van der Waals surface area contributed by atoms with Gasteiger partial charge in [-0.25, -0.2) is 9.59 Å². The molecule has 13 nitrogen and oxygen atoms in total. The molecule has 2 atom stereocenters. The highest BCUT2D eigenvalue weighted by Gasteiger charge is 2.40. The number of rotatable bonds is 15. The summed E-state index contributed by atoms with van der Waals surface area (Å²) in [6.45, 7) is 1.03. The Labute approximate surface area is 315 Å². The van der Waals surface area contributed by atoms with Gasteiger partial charge in [0.05, 0.1) is 24.4 Å². The minimum absolute atomic E-state index is 0.0789. The minimum atomic E-state index is -2.24. The monoisotopic (exact) mass is 744 g/mol. The van der Waals surface area contributed by atoms with E-state index < -0.39 is 23.7 Å². The van der Waals surface area contributed by atoms with Gasteiger partial charge in [0.1, 0.15) is 23.9 Å². The van der Waals surface area contributed by atoms with E-state index in [2.05, 4.69) is 20.9 Å². The Morgan fingerprint density at radius 3 is 2.29 bits per heavy atom. The molecule has 0 fully saturated rings. The highest BCUT2D eigenvalue weighted by molar-refractivity contribution is 5.91. The molecule has 2 unspecified atom stereocenters. The second-order valence-corrected chi connectivity index (χ2v) is 12.8. The number of fused-ring (bicyclic) bond motifs is 1. The zero-order valence-corrected chi connectivity index (χ0v) is 29.8. The largest absolute Gasteiger partial charge is 0.506 e. The topological polar surface area (TPSA) is 202 Å². The summed E-state index contributed by atoms with van der Waals surface area (Å²) >= 11 is 0. The molecule has 5 aromatic carbocycles. The minimum Gasteiger partial charge on any atom is -0.506 e. The molecule has 2 amide bonds. The van der Waals surface area contributed by atoms with Crippen LogP contribution in [0.2, 0.25) is 0 Å². The summed E-state index contributed by atoms with van der Waals surface area (Å²) in [6, 6.07) is 32.9. The van der Waals surface area contributed by atoms with E-state index in [-0.39, 0.29) is 47.6 Å². The molecule has 0 aliphatic heterocycles. The van der Waals surface area contributed by atoms with Crippen LogP contribution in [0.4, 0.5) is 10.5 Å². The molecule has 6 aromatic rings. The number of aromatic hydroxyl groups is 1. The number of amides is 2. The molecule has 0 bridgehead atoms. The van der Waals surface area contributed by atoms with E-state index in [0.29, 0.717) is 34.7 Å². The van der Waals surface area contributed by atoms with Crippen molar-refractivity contribution in [3.63, 3.8) is 0 Å². The fourth-order valence-corrected chi connectivity index (χ4v) is 6.13. The molecule has 6 rings (SSSR count). The number of aromatic amines is 1. The van der Waals surface area contributed by atoms with E-state index in [1.54, 1.807) is 72.8 Å². The first-order valence-electron chi connectivity index (χ1n) is 17.3. The fourth-order valence-electron chi connectivity index (χ4n) is 6.13. The number of H-pyrrole nitrogens is 1. The first-order valence-corrected chi connectivity index (χ1v) is 17.3. The number of pyridine rings is 1. The molecule has 0 aliphatic carbocycles. The van der Waals surface area contributed by atoms with Gasteiger partial charge in [0, 0.05) is 36.7 Å². The number of carbonyl (C=O) groups excluding carboxylic acids is 1. The van der Waals surface area contributed by atoms with E-state index in [1.165, 1.54) is 25.3 Å². The summed E-state index contributed by atoms with van der Waals surface area (Å²) in [6.07, 6.45) is -0.913. The van der Waals surface area contributed by atoms with Crippen LogP contribution in [-0.2, 0) is 30.1 Å². The molecule has 1 aromatic heterocycles. The summed E-state index contributed by atoms with van der Waals surface area (Å²) in [7, 11) is 1.50. The van der Waals surface area contributed by atoms with E-state index in [4.69, 9.17) is 9.47 Å². The Kier molecular flexibility index (Phi) is 11.8. The molecule has 0 radical (unpaired) electrons. The quantitative estimate of drug-likeness (QED) is 0.0683. The number of methoxy groups -OCH3 is 1. The number of aromatic nitrogens is 1. The lowest BCUT2D eigenvalue weighted by Crippen LogP contribution is -2.36. The number of nitrogens with one attached hydrogen (secondary N) is 4. The molecule has 1 heterocycles. The molecule has 0 saturated heterocycles. The maximum Gasteiger partial charge on any atom is 0.345 e. The van der Waals surface area contributed by atoms with E-state index in [1.807, 2.05) is 30.3 Å². The molecule has 0 aliphatic rings. The van der Waals surface area contributed by atoms with Crippen molar-refractivity contribution in [2.24, 2.45) is 0 Å². The number of carboxylic acids is 1. The normalized spacial score (nSPS) is 12.7. The number of ether oxygens (including phenoxy) is 2. The van der Waals surface area contributed by atoms with Crippen LogP contribution < -0.4 is 31.0 Å². The average Bonchev–Trinajstić information content (AvgIpc) is 3.20. The highest BCUT2D eigenvalue weighted by Crippen LogP contribution is 2.33. The molecule has 0 saturated carbocycles. The third-order valence-electron chi connectivity index (χ3n) is 9.08. The molecule has 55 heavy (non-hydrogen) atoms. The van der Waals surface area contributed by atoms with Crippen LogP contribution in [0.5, 0.6) is 17.2 Å². The number of carboxylic acid groups (broad SMARTS) is 1. The predicted molar refractivity (Wildman–Crippen MR) is 206 cm³/mol. The SMILES string of the molecule is COc1cc(CNCC(O)c2ccc(O)c3[nH]c(=O)ccc23)ccc1NC(=O)NCc1ccc(COc2cccc(C(O)(C(=O)O)c3ccccc3)c2)cc1. The van der Waals surface area contributed by atoms with Gasteiger partial charge in [0.25, 0.3) is 0 Å². The first kappa shape index (κ1) is 38.1. The maximum atomic E-state index is 12.8. The number of hydrogen-bond acceptors (Lipinski definition) is 9. The van der Waals surface area contributed by atoms with Crippen molar-refractivity contribution >= 4 is 28.6 Å². The van der Waals surface area contributed by atoms with Gasteiger partial charge >= 0.3 is 12.0 Å². The molecule has 13 heteroatoms. The number of aliphatic carboxylic acids is 1. The third kappa shape index (κ3) is 8.93. The summed E-state index contributed by atoms with van der Waals surface area (Å²) in [5.41, 5.74) is 1.64. The van der Waals surface area contributed by atoms with Gasteiger partial charge < -0.3 is 50.8 Å². The van der Waals surface area contributed by atoms with E-state index >= 15 is 0 Å². The average molecular weight is 745 g/mol. The lowest BCUT2D eigenvalue weighted by Gasteiger charge is -2.25. The van der Waals surface area contributed by atoms with Crippen LogP contribution in [0.25, 0.3) is 10.9 Å². The van der Waals surface area contributed by atoms with Crippen molar-refractivity contribution in [1.29, 1.82) is 0 Å². The molecular formula is C42H40N4O9. The lowest BCUT2D eigenvalue weighted by atomic mass is 9.86. The standard InChI is InChI=1S/C42H40N4O9/c1-54-37-20-28(22-43-24-36(48)32-15-18-35(47)39-33(32)16-19-38(49)46-39)14-17-34(37)45-41(52)44-23-26-10-12-27(13-11-26)25-55-31-9-5-8-30(21-31)42(53,40(50)51)29-6-3-2-4-7-29/h2-21,36,43,47-48,53H,22-25H2,1H3,(H,46,49)(H,50,51)(H2,44,45,52). The van der Waals surface area contributed by atoms with Crippen LogP contribution in [-0.4, -0.2) is 51.1 Å². The van der Waals surface area contributed by atoms with Crippen molar-refractivity contribution in [2.75, 3.05) is 19.0 Å². The Morgan fingerprint density at radius 1 is 0.818 bits per heavy atom. The molecule has 0 spiro atoms. The summed E-state index contributed by atoms with van der Waals surface area (Å²) in [5, 5.41) is 51.4. The van der Waals surface area contributed by atoms with Gasteiger partial charge in [-0.1, -0.05) is 78.9 Å². The van der Waals surface area contributed by atoms with Gasteiger partial charge in [-0.2, -0.15) is 0 Å². The van der Waals surface area contributed by atoms with Crippen LogP contribution in [0, 0.1) is 0 Å². The number of phenolic OH excluding ortho intramolecular Hbond substituents is 1. The number of urea groups is 1. The van der Waals surface area contributed by atoms with Crippen molar-refractivity contribution in [2.45, 2.75) is 31.4 Å². The van der Waals surface area contributed by atoms with Crippen LogP contribution >= 0.6 is 0 Å². The highest BCUT2D eigenvalue weighted by atomic mass is 16.5. The lowest BCUT2D eigenvalue weighted by molar-refractivity contribution is -0.155. The summed E-state index contributed by atoms with van der Waals surface area (Å²) in [4.78, 5) is 39.2. The van der Waals surface area contributed by atoms with Crippen molar-refractivity contribution in [3.8, 4) is 17.2 Å². The van der Waals surface area contributed by atoms with Crippen LogP contribution in [0.15, 0.2) is 126 Å². The number of aliphatic hydroxyl groups is 2. The van der Waals surface area contributed by atoms with Crippen LogP contribution in [0.3, 0.4) is 0 Å². The Bertz CT molecular complexity index is 2350. The molecule has 8 N–H and O–H groups in total. The zero-order valence-electron chi connectivity index (χ0n) is 29.8. The number of anilines is 1. The summed E-state index contributed by atoms with van der Waals surface area (Å²) in [5.74, 6) is -0.627. The predicted octanol–water partition coefficient (Wildman–Crippen LogP) is 5.29. The Balaban J connectivity index is 0.978. The molecule has 282 valence electrons. The third-order valence-corrected chi connectivity index (χ3v) is 9.08. The van der Waals surface area contributed by atoms with Gasteiger partial charge in [0.2, 0.25) is 11.2 Å². The van der Waals surface area contributed by atoms with Crippen molar-refractivity contribution in [1.82, 2.24) is 15.6 Å². The maximum absolute atomic E-state index is 12.8. The van der Waals surface area contributed by atoms with E-state index in [9.17, 15) is 34.8 Å². The zero-order chi connectivity index (χ0) is 39.0. The Hall–Kier alpha value is -6.67. The number of carbonyl (C=O) groups is 2. The van der Waals surface area contributed by atoms with Gasteiger partial charge in [0.15, 0.2) is 0 Å². The van der Waals surface area contributed by atoms with E-state index in [0.717, 1.165) is 16.7 Å². The smallest absolute Gasteiger partial charge is 0.345 e. The van der Waals surface area contributed by atoms with Gasteiger partial charge in [-0.05, 0) is 64.2 Å². The number of hydrogen-bond donors (Lipinski definition) is 8. The van der Waals surface area contributed by atoms with Crippen molar-refractivity contribution in [3.05, 3.63) is 165 Å². The fraction of sp³-hybridized carbons (Fsp3) is 0.167. The number of benzene rings is 5.